The van der Waals surface area contributed by atoms with Crippen molar-refractivity contribution in [1.82, 2.24) is 9.97 Å². The summed E-state index contributed by atoms with van der Waals surface area (Å²) in [6, 6.07) is 13.8. The molecule has 4 aromatic rings. The van der Waals surface area contributed by atoms with E-state index in [1.54, 1.807) is 0 Å². The third-order valence-electron chi connectivity index (χ3n) is 5.79. The number of hydrogen-bond donors (Lipinski definition) is 1. The number of fused-ring (bicyclic) bond motifs is 3. The van der Waals surface area contributed by atoms with E-state index in [-0.39, 0.29) is 11.7 Å². The Kier molecular flexibility index (Phi) is 5.06. The van der Waals surface area contributed by atoms with Crippen LogP contribution in [0, 0.1) is 13.8 Å². The highest BCUT2D eigenvalue weighted by molar-refractivity contribution is 6.09. The molecule has 0 unspecified atom stereocenters. The number of aromatic nitrogens is 2. The number of rotatable bonds is 3. The zero-order chi connectivity index (χ0) is 21.4. The number of benzene rings is 2. The monoisotopic (exact) mass is 414 g/mol. The van der Waals surface area contributed by atoms with Crippen molar-refractivity contribution in [3.05, 3.63) is 59.4 Å². The summed E-state index contributed by atoms with van der Waals surface area (Å²) >= 11 is 0. The average molecular weight is 415 g/mol. The number of amides is 1. The quantitative estimate of drug-likeness (QED) is 0.471. The summed E-state index contributed by atoms with van der Waals surface area (Å²) in [5.74, 6) is 0.569. The molecule has 1 aliphatic heterocycles. The number of anilines is 2. The first-order chi connectivity index (χ1) is 15.1. The van der Waals surface area contributed by atoms with Gasteiger partial charge in [0.25, 0.3) is 5.91 Å². The fraction of sp³-hybridized carbons (Fsp3) is 0.320. The summed E-state index contributed by atoms with van der Waals surface area (Å²) < 4.78 is 6.16. The van der Waals surface area contributed by atoms with Crippen LogP contribution < -0.4 is 10.2 Å². The maximum absolute atomic E-state index is 13.2. The number of aryl methyl sites for hydroxylation is 2. The standard InChI is InChI=1S/C25H26N4O2/c1-16-13-17(2)15-18(14-16)26-25(30)23-27-21-19-9-5-6-10-20(19)31-22(21)24(28-23)29-11-7-3-4-8-12-29/h5-6,9-10,13-15H,3-4,7-8,11-12H2,1-2H3,(H,26,30). The van der Waals surface area contributed by atoms with Gasteiger partial charge in [-0.15, -0.1) is 0 Å². The number of carbonyl (C=O) groups excluding carboxylic acids is 1. The average Bonchev–Trinajstić information content (AvgIpc) is 2.91. The van der Waals surface area contributed by atoms with Crippen molar-refractivity contribution in [2.24, 2.45) is 0 Å². The van der Waals surface area contributed by atoms with Gasteiger partial charge in [-0.3, -0.25) is 4.79 Å². The first-order valence-corrected chi connectivity index (χ1v) is 10.9. The van der Waals surface area contributed by atoms with E-state index in [0.717, 1.165) is 53.7 Å². The van der Waals surface area contributed by atoms with E-state index in [1.165, 1.54) is 12.8 Å². The van der Waals surface area contributed by atoms with E-state index in [1.807, 2.05) is 50.2 Å². The minimum absolute atomic E-state index is 0.164. The predicted molar refractivity (Wildman–Crippen MR) is 124 cm³/mol. The Morgan fingerprint density at radius 1 is 0.968 bits per heavy atom. The lowest BCUT2D eigenvalue weighted by atomic mass is 10.1. The van der Waals surface area contributed by atoms with Crippen LogP contribution in [0.2, 0.25) is 0 Å². The van der Waals surface area contributed by atoms with Crippen LogP contribution in [-0.4, -0.2) is 29.0 Å². The van der Waals surface area contributed by atoms with Gasteiger partial charge in [-0.2, -0.15) is 0 Å². The van der Waals surface area contributed by atoms with Gasteiger partial charge in [0, 0.05) is 24.2 Å². The van der Waals surface area contributed by atoms with E-state index in [2.05, 4.69) is 21.3 Å². The van der Waals surface area contributed by atoms with Gasteiger partial charge < -0.3 is 14.6 Å². The fourth-order valence-corrected chi connectivity index (χ4v) is 4.41. The molecular formula is C25H26N4O2. The van der Waals surface area contributed by atoms with Crippen LogP contribution in [0.25, 0.3) is 22.1 Å². The lowest BCUT2D eigenvalue weighted by Crippen LogP contribution is -2.26. The Bertz CT molecular complexity index is 1250. The van der Waals surface area contributed by atoms with Crippen molar-refractivity contribution in [3.8, 4) is 0 Å². The third kappa shape index (κ3) is 3.85. The molecule has 0 bridgehead atoms. The van der Waals surface area contributed by atoms with E-state index < -0.39 is 0 Å². The number of hydrogen-bond acceptors (Lipinski definition) is 5. The Labute approximate surface area is 181 Å². The van der Waals surface area contributed by atoms with Crippen LogP contribution >= 0.6 is 0 Å². The van der Waals surface area contributed by atoms with Gasteiger partial charge in [-0.1, -0.05) is 31.0 Å². The van der Waals surface area contributed by atoms with E-state index in [0.29, 0.717) is 16.9 Å². The predicted octanol–water partition coefficient (Wildman–Crippen LogP) is 5.63. The molecule has 1 fully saturated rings. The molecule has 6 nitrogen and oxygen atoms in total. The normalized spacial score (nSPS) is 14.7. The van der Waals surface area contributed by atoms with Crippen LogP contribution in [0.3, 0.4) is 0 Å². The van der Waals surface area contributed by atoms with Crippen molar-refractivity contribution >= 4 is 39.5 Å². The number of carbonyl (C=O) groups is 1. The molecule has 1 amide bonds. The lowest BCUT2D eigenvalue weighted by Gasteiger charge is -2.21. The van der Waals surface area contributed by atoms with Gasteiger partial charge in [-0.25, -0.2) is 9.97 Å². The molecule has 0 radical (unpaired) electrons. The Morgan fingerprint density at radius 2 is 1.68 bits per heavy atom. The molecule has 1 aliphatic rings. The van der Waals surface area contributed by atoms with Crippen LogP contribution in [0.5, 0.6) is 0 Å². The molecule has 31 heavy (non-hydrogen) atoms. The van der Waals surface area contributed by atoms with Gasteiger partial charge in [-0.05, 0) is 62.1 Å². The van der Waals surface area contributed by atoms with Crippen molar-refractivity contribution in [3.63, 3.8) is 0 Å². The van der Waals surface area contributed by atoms with Crippen molar-refractivity contribution in [1.29, 1.82) is 0 Å². The van der Waals surface area contributed by atoms with Crippen molar-refractivity contribution < 1.29 is 9.21 Å². The second kappa shape index (κ2) is 8.02. The molecule has 3 heterocycles. The molecule has 0 saturated carbocycles. The summed E-state index contributed by atoms with van der Waals surface area (Å²) in [5.41, 5.74) is 5.05. The Morgan fingerprint density at radius 3 is 2.42 bits per heavy atom. The molecule has 0 aliphatic carbocycles. The molecule has 5 rings (SSSR count). The second-order valence-corrected chi connectivity index (χ2v) is 8.38. The number of furan rings is 1. The van der Waals surface area contributed by atoms with Crippen LogP contribution in [0.1, 0.15) is 47.4 Å². The summed E-state index contributed by atoms with van der Waals surface area (Å²) in [7, 11) is 0. The zero-order valence-corrected chi connectivity index (χ0v) is 17.9. The Balaban J connectivity index is 1.62. The van der Waals surface area contributed by atoms with Crippen LogP contribution in [-0.2, 0) is 0 Å². The number of para-hydroxylation sites is 1. The molecule has 0 atom stereocenters. The van der Waals surface area contributed by atoms with Gasteiger partial charge in [0.05, 0.1) is 0 Å². The first kappa shape index (κ1) is 19.5. The van der Waals surface area contributed by atoms with E-state index in [9.17, 15) is 4.79 Å². The minimum Gasteiger partial charge on any atom is -0.450 e. The van der Waals surface area contributed by atoms with Gasteiger partial charge in [0.2, 0.25) is 5.82 Å². The van der Waals surface area contributed by atoms with Gasteiger partial charge in [0.15, 0.2) is 11.4 Å². The summed E-state index contributed by atoms with van der Waals surface area (Å²) in [4.78, 5) is 24.8. The molecule has 1 N–H and O–H groups in total. The number of nitrogens with zero attached hydrogens (tertiary/aromatic N) is 3. The number of nitrogens with one attached hydrogen (secondary N) is 1. The fourth-order valence-electron chi connectivity index (χ4n) is 4.41. The smallest absolute Gasteiger partial charge is 0.293 e. The highest BCUT2D eigenvalue weighted by Crippen LogP contribution is 2.34. The maximum Gasteiger partial charge on any atom is 0.293 e. The third-order valence-corrected chi connectivity index (χ3v) is 5.79. The summed E-state index contributed by atoms with van der Waals surface area (Å²) in [6.45, 7) is 5.84. The highest BCUT2D eigenvalue weighted by Gasteiger charge is 2.23. The highest BCUT2D eigenvalue weighted by atomic mass is 16.3. The molecular weight excluding hydrogens is 388 g/mol. The minimum atomic E-state index is -0.312. The van der Waals surface area contributed by atoms with Crippen LogP contribution in [0.15, 0.2) is 46.9 Å². The molecule has 158 valence electrons. The van der Waals surface area contributed by atoms with E-state index in [4.69, 9.17) is 9.40 Å². The summed E-state index contributed by atoms with van der Waals surface area (Å²) in [6.07, 6.45) is 4.64. The SMILES string of the molecule is Cc1cc(C)cc(NC(=O)c2nc(N3CCCCCC3)c3oc4ccccc4c3n2)c1. The topological polar surface area (TPSA) is 71.3 Å². The Hall–Kier alpha value is -3.41. The first-order valence-electron chi connectivity index (χ1n) is 10.9. The molecule has 6 heteroatoms. The molecule has 2 aromatic heterocycles. The van der Waals surface area contributed by atoms with Gasteiger partial charge >= 0.3 is 0 Å². The maximum atomic E-state index is 13.2. The molecule has 2 aromatic carbocycles. The largest absolute Gasteiger partial charge is 0.450 e. The lowest BCUT2D eigenvalue weighted by molar-refractivity contribution is 0.101. The van der Waals surface area contributed by atoms with E-state index >= 15 is 0 Å². The van der Waals surface area contributed by atoms with Gasteiger partial charge in [0.1, 0.15) is 11.1 Å². The van der Waals surface area contributed by atoms with Crippen LogP contribution in [0.4, 0.5) is 11.5 Å². The molecule has 0 spiro atoms. The molecule has 1 saturated heterocycles. The van der Waals surface area contributed by atoms with Crippen molar-refractivity contribution in [2.75, 3.05) is 23.3 Å². The second-order valence-electron chi connectivity index (χ2n) is 8.38. The zero-order valence-electron chi connectivity index (χ0n) is 17.9. The summed E-state index contributed by atoms with van der Waals surface area (Å²) in [5, 5.41) is 3.87. The van der Waals surface area contributed by atoms with Crippen molar-refractivity contribution in [2.45, 2.75) is 39.5 Å².